The van der Waals surface area contributed by atoms with Gasteiger partial charge in [0.25, 0.3) is 0 Å². The number of rotatable bonds is 6. The van der Waals surface area contributed by atoms with Crippen LogP contribution in [0.3, 0.4) is 0 Å². The van der Waals surface area contributed by atoms with E-state index in [2.05, 4.69) is 21.4 Å². The fraction of sp³-hybridized carbons (Fsp3) is 0.474. The van der Waals surface area contributed by atoms with E-state index in [9.17, 15) is 4.79 Å². The number of nitrogens with one attached hydrogen (secondary N) is 1. The highest BCUT2D eigenvalue weighted by Gasteiger charge is 2.31. The SMILES string of the molecule is CCn1nc(C)c(NC(=O)CN2CC[C@H]2c2cccc(OC)c2)c1C. The first-order chi connectivity index (χ1) is 12.0. The Bertz CT molecular complexity index is 769. The maximum absolute atomic E-state index is 12.5. The van der Waals surface area contributed by atoms with Crippen LogP contribution in [0, 0.1) is 13.8 Å². The molecule has 3 rings (SSSR count). The summed E-state index contributed by atoms with van der Waals surface area (Å²) in [5, 5.41) is 7.49. The highest BCUT2D eigenvalue weighted by molar-refractivity contribution is 5.93. The van der Waals surface area contributed by atoms with Crippen LogP contribution in [0.4, 0.5) is 5.69 Å². The monoisotopic (exact) mass is 342 g/mol. The van der Waals surface area contributed by atoms with Gasteiger partial charge in [-0.25, -0.2) is 0 Å². The van der Waals surface area contributed by atoms with Crippen molar-refractivity contribution >= 4 is 11.6 Å². The Hall–Kier alpha value is -2.34. The van der Waals surface area contributed by atoms with Gasteiger partial charge in [0.1, 0.15) is 5.75 Å². The topological polar surface area (TPSA) is 59.4 Å². The first-order valence-corrected chi connectivity index (χ1v) is 8.75. The third-order valence-corrected chi connectivity index (χ3v) is 4.90. The second-order valence-electron chi connectivity index (χ2n) is 6.46. The zero-order valence-corrected chi connectivity index (χ0v) is 15.4. The lowest BCUT2D eigenvalue weighted by Crippen LogP contribution is -2.45. The number of anilines is 1. The molecule has 1 aromatic carbocycles. The van der Waals surface area contributed by atoms with Crippen LogP contribution < -0.4 is 10.1 Å². The molecule has 0 spiro atoms. The third kappa shape index (κ3) is 3.54. The fourth-order valence-corrected chi connectivity index (χ4v) is 3.41. The lowest BCUT2D eigenvalue weighted by Gasteiger charge is -2.40. The van der Waals surface area contributed by atoms with Gasteiger partial charge >= 0.3 is 0 Å². The molecule has 1 N–H and O–H groups in total. The van der Waals surface area contributed by atoms with Crippen LogP contribution in [-0.2, 0) is 11.3 Å². The van der Waals surface area contributed by atoms with Gasteiger partial charge in [0, 0.05) is 19.1 Å². The van der Waals surface area contributed by atoms with Crippen LogP contribution in [0.1, 0.15) is 36.3 Å². The number of carbonyl (C=O) groups is 1. The summed E-state index contributed by atoms with van der Waals surface area (Å²) >= 11 is 0. The van der Waals surface area contributed by atoms with E-state index < -0.39 is 0 Å². The summed E-state index contributed by atoms with van der Waals surface area (Å²) in [7, 11) is 1.67. The second-order valence-corrected chi connectivity index (χ2v) is 6.46. The number of benzene rings is 1. The van der Waals surface area contributed by atoms with E-state index in [1.165, 1.54) is 5.56 Å². The lowest BCUT2D eigenvalue weighted by molar-refractivity contribution is -0.119. The second kappa shape index (κ2) is 7.27. The number of likely N-dealkylation sites (tertiary alicyclic amines) is 1. The Kier molecular flexibility index (Phi) is 5.08. The van der Waals surface area contributed by atoms with Gasteiger partial charge < -0.3 is 10.1 Å². The summed E-state index contributed by atoms with van der Waals surface area (Å²) in [6.45, 7) is 8.08. The van der Waals surface area contributed by atoms with Crippen molar-refractivity contribution in [3.63, 3.8) is 0 Å². The molecular weight excluding hydrogens is 316 g/mol. The number of hydrogen-bond donors (Lipinski definition) is 1. The first kappa shape index (κ1) is 17.5. The summed E-state index contributed by atoms with van der Waals surface area (Å²) in [5.74, 6) is 0.862. The van der Waals surface area contributed by atoms with Crippen LogP contribution in [0.15, 0.2) is 24.3 Å². The van der Waals surface area contributed by atoms with E-state index in [1.807, 2.05) is 43.7 Å². The number of nitrogens with zero attached hydrogens (tertiary/aromatic N) is 3. The van der Waals surface area contributed by atoms with Gasteiger partial charge in [0.2, 0.25) is 5.91 Å². The summed E-state index contributed by atoms with van der Waals surface area (Å²) in [4.78, 5) is 14.7. The highest BCUT2D eigenvalue weighted by Crippen LogP contribution is 2.34. The third-order valence-electron chi connectivity index (χ3n) is 4.90. The maximum atomic E-state index is 12.5. The van der Waals surface area contributed by atoms with Gasteiger partial charge in [-0.2, -0.15) is 5.10 Å². The Balaban J connectivity index is 1.64. The molecule has 1 aliphatic heterocycles. The fourth-order valence-electron chi connectivity index (χ4n) is 3.41. The van der Waals surface area contributed by atoms with Crippen LogP contribution in [0.2, 0.25) is 0 Å². The maximum Gasteiger partial charge on any atom is 0.238 e. The minimum absolute atomic E-state index is 0.00875. The Morgan fingerprint density at radius 1 is 1.40 bits per heavy atom. The first-order valence-electron chi connectivity index (χ1n) is 8.75. The molecule has 0 saturated carbocycles. The molecule has 6 heteroatoms. The molecular formula is C19H26N4O2. The molecule has 1 saturated heterocycles. The molecule has 134 valence electrons. The molecule has 0 radical (unpaired) electrons. The van der Waals surface area contributed by atoms with Crippen molar-refractivity contribution in [3.05, 3.63) is 41.2 Å². The smallest absolute Gasteiger partial charge is 0.238 e. The highest BCUT2D eigenvalue weighted by atomic mass is 16.5. The van der Waals surface area contributed by atoms with Gasteiger partial charge in [-0.3, -0.25) is 14.4 Å². The molecule has 1 aromatic heterocycles. The van der Waals surface area contributed by atoms with Crippen LogP contribution in [0.25, 0.3) is 0 Å². The number of amides is 1. The number of aromatic nitrogens is 2. The van der Waals surface area contributed by atoms with Gasteiger partial charge in [0.15, 0.2) is 0 Å². The molecule has 1 fully saturated rings. The van der Waals surface area contributed by atoms with E-state index in [4.69, 9.17) is 4.74 Å². The normalized spacial score (nSPS) is 17.2. The lowest BCUT2D eigenvalue weighted by atomic mass is 9.94. The number of aryl methyl sites for hydroxylation is 2. The summed E-state index contributed by atoms with van der Waals surface area (Å²) in [6.07, 6.45) is 1.06. The Morgan fingerprint density at radius 2 is 2.20 bits per heavy atom. The summed E-state index contributed by atoms with van der Waals surface area (Å²) < 4.78 is 7.21. The van der Waals surface area contributed by atoms with Crippen molar-refractivity contribution in [2.24, 2.45) is 0 Å². The number of carbonyl (C=O) groups excluding carboxylic acids is 1. The standard InChI is InChI=1S/C19H26N4O2/c1-5-23-14(3)19(13(2)21-23)20-18(24)12-22-10-9-17(22)15-7-6-8-16(11-15)25-4/h6-8,11,17H,5,9-10,12H2,1-4H3,(H,20,24)/t17-/m0/s1. The van der Waals surface area contributed by atoms with Gasteiger partial charge in [-0.05, 0) is 44.9 Å². The molecule has 1 amide bonds. The van der Waals surface area contributed by atoms with Gasteiger partial charge in [-0.15, -0.1) is 0 Å². The molecule has 0 aliphatic carbocycles. The summed E-state index contributed by atoms with van der Waals surface area (Å²) in [6, 6.07) is 8.36. The molecule has 0 bridgehead atoms. The van der Waals surface area contributed by atoms with Crippen molar-refractivity contribution in [1.29, 1.82) is 0 Å². The van der Waals surface area contributed by atoms with Crippen molar-refractivity contribution in [2.75, 3.05) is 25.5 Å². The molecule has 2 aromatic rings. The van der Waals surface area contributed by atoms with Crippen LogP contribution in [-0.4, -0.2) is 40.8 Å². The van der Waals surface area contributed by atoms with Crippen molar-refractivity contribution in [1.82, 2.24) is 14.7 Å². The van der Waals surface area contributed by atoms with E-state index in [0.29, 0.717) is 6.54 Å². The van der Waals surface area contributed by atoms with E-state index in [1.54, 1.807) is 7.11 Å². The molecule has 6 nitrogen and oxygen atoms in total. The predicted molar refractivity (Wildman–Crippen MR) is 97.9 cm³/mol. The van der Waals surface area contributed by atoms with Crippen molar-refractivity contribution in [3.8, 4) is 5.75 Å². The summed E-state index contributed by atoms with van der Waals surface area (Å²) in [5.41, 5.74) is 3.90. The number of hydrogen-bond acceptors (Lipinski definition) is 4. The molecule has 1 aliphatic rings. The average Bonchev–Trinajstić information content (AvgIpc) is 2.86. The predicted octanol–water partition coefficient (Wildman–Crippen LogP) is 2.91. The minimum Gasteiger partial charge on any atom is -0.497 e. The Morgan fingerprint density at radius 3 is 2.80 bits per heavy atom. The van der Waals surface area contributed by atoms with Crippen molar-refractivity contribution < 1.29 is 9.53 Å². The quantitative estimate of drug-likeness (QED) is 0.877. The van der Waals surface area contributed by atoms with Gasteiger partial charge in [0.05, 0.1) is 30.7 Å². The molecule has 2 heterocycles. The Labute approximate surface area is 148 Å². The minimum atomic E-state index is 0.00875. The zero-order valence-electron chi connectivity index (χ0n) is 15.4. The number of ether oxygens (including phenoxy) is 1. The van der Waals surface area contributed by atoms with E-state index in [-0.39, 0.29) is 11.9 Å². The number of methoxy groups -OCH3 is 1. The van der Waals surface area contributed by atoms with E-state index in [0.717, 1.165) is 42.3 Å². The zero-order chi connectivity index (χ0) is 18.0. The molecule has 1 atom stereocenters. The van der Waals surface area contributed by atoms with Crippen LogP contribution in [0.5, 0.6) is 5.75 Å². The van der Waals surface area contributed by atoms with Crippen LogP contribution >= 0.6 is 0 Å². The molecule has 25 heavy (non-hydrogen) atoms. The largest absolute Gasteiger partial charge is 0.497 e. The van der Waals surface area contributed by atoms with Gasteiger partial charge in [-0.1, -0.05) is 12.1 Å². The van der Waals surface area contributed by atoms with E-state index >= 15 is 0 Å². The van der Waals surface area contributed by atoms with Crippen molar-refractivity contribution in [2.45, 2.75) is 39.8 Å². The average molecular weight is 342 g/mol. The molecule has 0 unspecified atom stereocenters.